The molecule has 1 heterocycles. The number of carbonyl (C=O) groups excluding carboxylic acids is 2. The van der Waals surface area contributed by atoms with E-state index in [0.29, 0.717) is 25.7 Å². The predicted octanol–water partition coefficient (Wildman–Crippen LogP) is 4.26. The van der Waals surface area contributed by atoms with Gasteiger partial charge in [0.05, 0.1) is 12.6 Å². The van der Waals surface area contributed by atoms with Crippen LogP contribution in [0.15, 0.2) is 60.8 Å². The molecule has 0 spiro atoms. The molecular formula is C26H25F2N3O4. The predicted molar refractivity (Wildman–Crippen MR) is 124 cm³/mol. The fourth-order valence-corrected chi connectivity index (χ4v) is 4.06. The minimum Gasteiger partial charge on any atom is -0.508 e. The molecule has 1 aromatic heterocycles. The molecule has 1 aliphatic carbocycles. The second-order valence-electron chi connectivity index (χ2n) is 8.50. The summed E-state index contributed by atoms with van der Waals surface area (Å²) in [7, 11) is 0. The van der Waals surface area contributed by atoms with Gasteiger partial charge in [-0.15, -0.1) is 0 Å². The molecule has 1 aliphatic rings. The number of carbonyl (C=O) groups is 2. The summed E-state index contributed by atoms with van der Waals surface area (Å²) in [4.78, 5) is 29.1. The first kappa shape index (κ1) is 24.1. The number of aromatic nitrogens is 1. The Morgan fingerprint density at radius 2 is 1.63 bits per heavy atom. The molecule has 0 radical (unpaired) electrons. The Kier molecular flexibility index (Phi) is 7.54. The molecule has 1 saturated carbocycles. The number of amides is 2. The number of benzene rings is 2. The summed E-state index contributed by atoms with van der Waals surface area (Å²) in [5.41, 5.74) is 0.668. The first-order valence-corrected chi connectivity index (χ1v) is 11.3. The van der Waals surface area contributed by atoms with Crippen molar-refractivity contribution in [2.24, 2.45) is 0 Å². The van der Waals surface area contributed by atoms with Gasteiger partial charge in [0.1, 0.15) is 28.7 Å². The number of aromatic hydroxyl groups is 1. The van der Waals surface area contributed by atoms with Gasteiger partial charge in [0.2, 0.25) is 11.8 Å². The van der Waals surface area contributed by atoms with Gasteiger partial charge in [-0.1, -0.05) is 12.1 Å². The molecule has 9 heteroatoms. The minimum atomic E-state index is -0.681. The number of pyridine rings is 1. The first-order chi connectivity index (χ1) is 16.9. The van der Waals surface area contributed by atoms with Crippen molar-refractivity contribution in [1.29, 1.82) is 0 Å². The van der Waals surface area contributed by atoms with E-state index in [2.05, 4.69) is 15.6 Å². The van der Waals surface area contributed by atoms with E-state index in [1.54, 1.807) is 24.3 Å². The van der Waals surface area contributed by atoms with Crippen LogP contribution in [0.5, 0.6) is 17.4 Å². The number of rotatable bonds is 7. The van der Waals surface area contributed by atoms with Gasteiger partial charge in [-0.2, -0.15) is 0 Å². The highest BCUT2D eigenvalue weighted by atomic mass is 19.1. The summed E-state index contributed by atoms with van der Waals surface area (Å²) < 4.78 is 32.5. The molecule has 0 saturated heterocycles. The fourth-order valence-electron chi connectivity index (χ4n) is 4.06. The van der Waals surface area contributed by atoms with Crippen LogP contribution in [0.2, 0.25) is 0 Å². The molecule has 7 nitrogen and oxygen atoms in total. The third kappa shape index (κ3) is 6.75. The summed E-state index contributed by atoms with van der Waals surface area (Å²) in [6.45, 7) is 0. The Morgan fingerprint density at radius 3 is 2.31 bits per heavy atom. The zero-order chi connectivity index (χ0) is 24.8. The van der Waals surface area contributed by atoms with E-state index >= 15 is 0 Å². The number of hydrogen-bond donors (Lipinski definition) is 3. The molecule has 1 fully saturated rings. The number of nitrogens with zero attached hydrogens (tertiary/aromatic N) is 1. The van der Waals surface area contributed by atoms with Crippen LogP contribution in [-0.2, 0) is 11.2 Å². The lowest BCUT2D eigenvalue weighted by molar-refractivity contribution is -0.121. The summed E-state index contributed by atoms with van der Waals surface area (Å²) in [6.07, 6.45) is 3.75. The fraction of sp³-hybridized carbons (Fsp3) is 0.269. The number of ether oxygens (including phenoxy) is 1. The molecule has 3 aromatic rings. The van der Waals surface area contributed by atoms with Crippen LogP contribution >= 0.6 is 0 Å². The monoisotopic (exact) mass is 481 g/mol. The van der Waals surface area contributed by atoms with Gasteiger partial charge in [0.25, 0.3) is 5.91 Å². The molecule has 0 bridgehead atoms. The number of phenols is 1. The number of nitrogens with one attached hydrogen (secondary N) is 2. The van der Waals surface area contributed by atoms with Crippen molar-refractivity contribution in [3.05, 3.63) is 83.6 Å². The van der Waals surface area contributed by atoms with E-state index in [4.69, 9.17) is 4.74 Å². The van der Waals surface area contributed by atoms with Gasteiger partial charge < -0.3 is 20.5 Å². The van der Waals surface area contributed by atoms with Crippen molar-refractivity contribution >= 4 is 11.8 Å². The Bertz CT molecular complexity index is 1200. The topological polar surface area (TPSA) is 101 Å². The maximum Gasteiger partial charge on any atom is 0.257 e. The molecule has 0 atom stereocenters. The van der Waals surface area contributed by atoms with Gasteiger partial charge in [-0.3, -0.25) is 9.59 Å². The largest absolute Gasteiger partial charge is 0.508 e. The average molecular weight is 481 g/mol. The molecule has 0 unspecified atom stereocenters. The zero-order valence-electron chi connectivity index (χ0n) is 18.8. The Hall–Kier alpha value is -4.01. The van der Waals surface area contributed by atoms with E-state index in [-0.39, 0.29) is 47.4 Å². The summed E-state index contributed by atoms with van der Waals surface area (Å²) in [5, 5.41) is 15.4. The van der Waals surface area contributed by atoms with Crippen molar-refractivity contribution in [1.82, 2.24) is 15.6 Å². The van der Waals surface area contributed by atoms with Crippen molar-refractivity contribution in [3.8, 4) is 17.4 Å². The van der Waals surface area contributed by atoms with Crippen LogP contribution in [0.1, 0.15) is 41.6 Å². The van der Waals surface area contributed by atoms with Gasteiger partial charge in [0, 0.05) is 12.1 Å². The van der Waals surface area contributed by atoms with Crippen LogP contribution in [0, 0.1) is 11.6 Å². The van der Waals surface area contributed by atoms with Gasteiger partial charge >= 0.3 is 0 Å². The number of halogens is 2. The third-order valence-electron chi connectivity index (χ3n) is 5.79. The smallest absolute Gasteiger partial charge is 0.257 e. The summed E-state index contributed by atoms with van der Waals surface area (Å²) in [6, 6.07) is 12.7. The highest BCUT2D eigenvalue weighted by Crippen LogP contribution is 2.25. The lowest BCUT2D eigenvalue weighted by Crippen LogP contribution is -2.44. The standard InChI is InChI=1S/C26H25F2N3O4/c27-17-4-10-22(11-5-17)35-26-23(14-18(28)15-29-26)25(34)31-20-8-6-19(7-9-20)30-24(33)13-16-2-1-3-21(32)12-16/h1-5,10-12,14-15,19-20,32H,6-9,13H2,(H,30,33)(H,31,34). The molecular weight excluding hydrogens is 456 g/mol. The highest BCUT2D eigenvalue weighted by Gasteiger charge is 2.25. The molecule has 2 aromatic carbocycles. The average Bonchev–Trinajstić information content (AvgIpc) is 2.83. The summed E-state index contributed by atoms with van der Waals surface area (Å²) in [5.74, 6) is -1.47. The lowest BCUT2D eigenvalue weighted by Gasteiger charge is -2.29. The quantitative estimate of drug-likeness (QED) is 0.468. The maximum atomic E-state index is 13.8. The van der Waals surface area contributed by atoms with E-state index in [1.165, 1.54) is 24.3 Å². The molecule has 3 N–H and O–H groups in total. The molecule has 2 amide bonds. The SMILES string of the molecule is O=C(Cc1cccc(O)c1)NC1CCC(NC(=O)c2cc(F)cnc2Oc2ccc(F)cc2)CC1. The second-order valence-corrected chi connectivity index (χ2v) is 8.50. The second kappa shape index (κ2) is 10.9. The van der Waals surface area contributed by atoms with Crippen LogP contribution in [0.4, 0.5) is 8.78 Å². The Balaban J connectivity index is 1.30. The first-order valence-electron chi connectivity index (χ1n) is 11.3. The molecule has 4 rings (SSSR count). The highest BCUT2D eigenvalue weighted by molar-refractivity contribution is 5.96. The van der Waals surface area contributed by atoms with Gasteiger partial charge in [0.15, 0.2) is 0 Å². The number of hydrogen-bond acceptors (Lipinski definition) is 5. The van der Waals surface area contributed by atoms with Crippen LogP contribution in [-0.4, -0.2) is 34.0 Å². The number of phenolic OH excluding ortho intramolecular Hbond substituents is 1. The van der Waals surface area contributed by atoms with Crippen LogP contribution in [0.25, 0.3) is 0 Å². The Morgan fingerprint density at radius 1 is 0.943 bits per heavy atom. The van der Waals surface area contributed by atoms with Crippen LogP contribution < -0.4 is 15.4 Å². The van der Waals surface area contributed by atoms with E-state index < -0.39 is 17.5 Å². The zero-order valence-corrected chi connectivity index (χ0v) is 18.8. The lowest BCUT2D eigenvalue weighted by atomic mass is 9.90. The maximum absolute atomic E-state index is 13.8. The van der Waals surface area contributed by atoms with Crippen LogP contribution in [0.3, 0.4) is 0 Å². The van der Waals surface area contributed by atoms with E-state index in [0.717, 1.165) is 17.8 Å². The van der Waals surface area contributed by atoms with Crippen molar-refractivity contribution in [2.45, 2.75) is 44.2 Å². The van der Waals surface area contributed by atoms with Crippen molar-refractivity contribution in [2.75, 3.05) is 0 Å². The Labute approximate surface area is 201 Å². The van der Waals surface area contributed by atoms with E-state index in [9.17, 15) is 23.5 Å². The third-order valence-corrected chi connectivity index (χ3v) is 5.79. The van der Waals surface area contributed by atoms with Gasteiger partial charge in [-0.25, -0.2) is 13.8 Å². The molecule has 35 heavy (non-hydrogen) atoms. The normalized spacial score (nSPS) is 17.4. The van der Waals surface area contributed by atoms with Crippen molar-refractivity contribution in [3.63, 3.8) is 0 Å². The minimum absolute atomic E-state index is 0.0128. The summed E-state index contributed by atoms with van der Waals surface area (Å²) >= 11 is 0. The van der Waals surface area contributed by atoms with Crippen molar-refractivity contribution < 1.29 is 28.2 Å². The van der Waals surface area contributed by atoms with Gasteiger partial charge in [-0.05, 0) is 73.7 Å². The molecule has 0 aliphatic heterocycles. The molecule has 182 valence electrons. The van der Waals surface area contributed by atoms with E-state index in [1.807, 2.05) is 0 Å².